The maximum atomic E-state index is 12.3. The van der Waals surface area contributed by atoms with Crippen molar-refractivity contribution >= 4 is 17.4 Å². The average molecular weight is 361 g/mol. The number of aliphatic imine (C=N–C) groups is 1. The molecule has 1 aliphatic rings. The third-order valence-electron chi connectivity index (χ3n) is 4.13. The van der Waals surface area contributed by atoms with E-state index in [1.807, 2.05) is 42.9 Å². The van der Waals surface area contributed by atoms with Crippen LogP contribution in [0.15, 0.2) is 78.0 Å². The van der Waals surface area contributed by atoms with Crippen LogP contribution in [0.3, 0.4) is 0 Å². The highest BCUT2D eigenvalue weighted by Gasteiger charge is 2.08. The number of amides is 1. The number of aromatic nitrogens is 1. The zero-order valence-corrected chi connectivity index (χ0v) is 15.4. The molecule has 27 heavy (non-hydrogen) atoms. The van der Waals surface area contributed by atoms with E-state index in [-0.39, 0.29) is 11.9 Å². The second kappa shape index (κ2) is 8.80. The van der Waals surface area contributed by atoms with E-state index in [4.69, 9.17) is 0 Å². The molecule has 3 rings (SSSR count). The Morgan fingerprint density at radius 1 is 1.22 bits per heavy atom. The molecular weight excluding hydrogens is 338 g/mol. The first-order valence-corrected chi connectivity index (χ1v) is 8.83. The van der Waals surface area contributed by atoms with Gasteiger partial charge in [-0.15, -0.1) is 0 Å². The molecule has 0 radical (unpaired) electrons. The van der Waals surface area contributed by atoms with Crippen molar-refractivity contribution in [2.75, 3.05) is 5.32 Å². The number of amidine groups is 1. The highest BCUT2D eigenvalue weighted by molar-refractivity contribution is 6.04. The van der Waals surface area contributed by atoms with Crippen molar-refractivity contribution in [3.8, 4) is 0 Å². The molecule has 3 N–H and O–H groups in total. The van der Waals surface area contributed by atoms with Crippen molar-refractivity contribution in [1.82, 2.24) is 15.6 Å². The number of hydrogen-bond donors (Lipinski definition) is 3. The van der Waals surface area contributed by atoms with E-state index in [1.54, 1.807) is 24.5 Å². The molecule has 138 valence electrons. The minimum atomic E-state index is -0.175. The first kappa shape index (κ1) is 18.4. The van der Waals surface area contributed by atoms with Gasteiger partial charge in [0.25, 0.3) is 5.91 Å². The minimum Gasteiger partial charge on any atom is -0.383 e. The largest absolute Gasteiger partial charge is 0.383 e. The van der Waals surface area contributed by atoms with Crippen molar-refractivity contribution in [1.29, 1.82) is 0 Å². The monoisotopic (exact) mass is 361 g/mol. The summed E-state index contributed by atoms with van der Waals surface area (Å²) < 4.78 is 0. The van der Waals surface area contributed by atoms with E-state index in [1.165, 1.54) is 5.57 Å². The lowest BCUT2D eigenvalue weighted by Gasteiger charge is -2.14. The summed E-state index contributed by atoms with van der Waals surface area (Å²) in [5.41, 5.74) is 3.60. The Morgan fingerprint density at radius 2 is 2.11 bits per heavy atom. The molecule has 1 aromatic carbocycles. The fourth-order valence-corrected chi connectivity index (χ4v) is 2.64. The summed E-state index contributed by atoms with van der Waals surface area (Å²) in [5, 5.41) is 9.38. The van der Waals surface area contributed by atoms with Gasteiger partial charge in [0, 0.05) is 49.1 Å². The molecule has 0 bridgehead atoms. The predicted octanol–water partition coefficient (Wildman–Crippen LogP) is 3.75. The van der Waals surface area contributed by atoms with Gasteiger partial charge in [-0.1, -0.05) is 12.1 Å². The van der Waals surface area contributed by atoms with Crippen molar-refractivity contribution in [3.63, 3.8) is 0 Å². The molecule has 0 saturated carbocycles. The summed E-state index contributed by atoms with van der Waals surface area (Å²) in [6.45, 7) is 4.12. The summed E-state index contributed by atoms with van der Waals surface area (Å²) in [6.07, 6.45) is 9.63. The van der Waals surface area contributed by atoms with Gasteiger partial charge in [0.15, 0.2) is 0 Å². The smallest absolute Gasteiger partial charge is 0.257 e. The lowest BCUT2D eigenvalue weighted by Crippen LogP contribution is -2.18. The third kappa shape index (κ3) is 5.28. The molecule has 0 spiro atoms. The minimum absolute atomic E-state index is 0.0867. The van der Waals surface area contributed by atoms with Crippen LogP contribution >= 0.6 is 0 Å². The number of anilines is 1. The number of hydrogen-bond acceptors (Lipinski definition) is 5. The van der Waals surface area contributed by atoms with E-state index in [2.05, 4.69) is 39.8 Å². The topological polar surface area (TPSA) is 78.4 Å². The quantitative estimate of drug-likeness (QED) is 0.732. The Kier molecular flexibility index (Phi) is 5.99. The maximum Gasteiger partial charge on any atom is 0.257 e. The van der Waals surface area contributed by atoms with Crippen LogP contribution in [0.25, 0.3) is 0 Å². The van der Waals surface area contributed by atoms with Crippen molar-refractivity contribution < 1.29 is 4.79 Å². The van der Waals surface area contributed by atoms with Crippen LogP contribution in [0, 0.1) is 0 Å². The number of pyridine rings is 1. The molecule has 1 aromatic heterocycles. The van der Waals surface area contributed by atoms with Gasteiger partial charge in [0.2, 0.25) is 0 Å². The Labute approximate surface area is 159 Å². The first-order chi connectivity index (χ1) is 13.1. The summed E-state index contributed by atoms with van der Waals surface area (Å²) in [5.74, 6) is 0.768. The lowest BCUT2D eigenvalue weighted by molar-refractivity contribution is 0.102. The van der Waals surface area contributed by atoms with Gasteiger partial charge in [0.05, 0.1) is 5.56 Å². The molecule has 1 aliphatic heterocycles. The number of nitrogens with zero attached hydrogens (tertiary/aromatic N) is 2. The van der Waals surface area contributed by atoms with Crippen LogP contribution in [-0.2, 0) is 0 Å². The Morgan fingerprint density at radius 3 is 2.85 bits per heavy atom. The molecule has 1 atom stereocenters. The molecule has 1 unspecified atom stereocenters. The predicted molar refractivity (Wildman–Crippen MR) is 108 cm³/mol. The SMILES string of the molecule is CC1=CN=C(NC=CNC(C)c2cccc(NC(=O)c3cccnc3)c2)C1. The van der Waals surface area contributed by atoms with Crippen molar-refractivity contribution in [2.45, 2.75) is 26.3 Å². The van der Waals surface area contributed by atoms with Gasteiger partial charge in [-0.25, -0.2) is 4.99 Å². The van der Waals surface area contributed by atoms with Gasteiger partial charge in [-0.05, 0) is 49.2 Å². The fraction of sp³-hybridized carbons (Fsp3) is 0.190. The number of carbonyl (C=O) groups excluding carboxylic acids is 1. The van der Waals surface area contributed by atoms with E-state index < -0.39 is 0 Å². The van der Waals surface area contributed by atoms with Crippen LogP contribution in [0.4, 0.5) is 5.69 Å². The molecule has 0 saturated heterocycles. The molecule has 2 aromatic rings. The molecule has 2 heterocycles. The fourth-order valence-electron chi connectivity index (χ4n) is 2.64. The summed E-state index contributed by atoms with van der Waals surface area (Å²) >= 11 is 0. The highest BCUT2D eigenvalue weighted by Crippen LogP contribution is 2.18. The van der Waals surface area contributed by atoms with Crippen molar-refractivity contribution in [2.24, 2.45) is 4.99 Å². The Balaban J connectivity index is 1.54. The lowest BCUT2D eigenvalue weighted by atomic mass is 10.1. The number of rotatable bonds is 6. The first-order valence-electron chi connectivity index (χ1n) is 8.83. The number of carbonyl (C=O) groups is 1. The van der Waals surface area contributed by atoms with Crippen LogP contribution in [0.2, 0.25) is 0 Å². The van der Waals surface area contributed by atoms with Crippen LogP contribution in [-0.4, -0.2) is 16.7 Å². The number of nitrogens with one attached hydrogen (secondary N) is 3. The van der Waals surface area contributed by atoms with E-state index in [0.717, 1.165) is 23.5 Å². The molecule has 0 fully saturated rings. The van der Waals surface area contributed by atoms with E-state index in [0.29, 0.717) is 5.56 Å². The number of benzene rings is 1. The molecule has 1 amide bonds. The molecule has 0 aliphatic carbocycles. The Hall–Kier alpha value is -3.41. The van der Waals surface area contributed by atoms with E-state index >= 15 is 0 Å². The maximum absolute atomic E-state index is 12.3. The normalized spacial score (nSPS) is 14.4. The molecule has 6 nitrogen and oxygen atoms in total. The van der Waals surface area contributed by atoms with Crippen molar-refractivity contribution in [3.05, 3.63) is 84.1 Å². The highest BCUT2D eigenvalue weighted by atomic mass is 16.1. The molecule has 6 heteroatoms. The summed E-state index contributed by atoms with van der Waals surface area (Å²) in [4.78, 5) is 20.5. The van der Waals surface area contributed by atoms with Gasteiger partial charge in [-0.2, -0.15) is 0 Å². The second-order valence-electron chi connectivity index (χ2n) is 6.42. The summed E-state index contributed by atoms with van der Waals surface area (Å²) in [6, 6.07) is 11.3. The second-order valence-corrected chi connectivity index (χ2v) is 6.42. The average Bonchev–Trinajstić information content (AvgIpc) is 3.11. The standard InChI is InChI=1S/C21H23N5O/c1-15-11-20(25-13-15)24-10-9-23-16(2)17-5-3-7-19(12-17)26-21(27)18-6-4-8-22-14-18/h3-10,12-14,16,23H,11H2,1-2H3,(H,24,25)(H,26,27). The van der Waals surface area contributed by atoms with Gasteiger partial charge < -0.3 is 16.0 Å². The zero-order valence-electron chi connectivity index (χ0n) is 15.4. The Bertz CT molecular complexity index is 886. The molecular formula is C21H23N5O. The summed E-state index contributed by atoms with van der Waals surface area (Å²) in [7, 11) is 0. The van der Waals surface area contributed by atoms with Gasteiger partial charge in [-0.3, -0.25) is 9.78 Å². The van der Waals surface area contributed by atoms with Crippen LogP contribution in [0.1, 0.15) is 42.2 Å². The third-order valence-corrected chi connectivity index (χ3v) is 4.13. The zero-order chi connectivity index (χ0) is 19.1. The van der Waals surface area contributed by atoms with Gasteiger partial charge >= 0.3 is 0 Å². The van der Waals surface area contributed by atoms with Crippen LogP contribution in [0.5, 0.6) is 0 Å². The van der Waals surface area contributed by atoms with Gasteiger partial charge in [0.1, 0.15) is 5.84 Å². The van der Waals surface area contributed by atoms with E-state index in [9.17, 15) is 4.79 Å². The van der Waals surface area contributed by atoms with Crippen LogP contribution < -0.4 is 16.0 Å².